The summed E-state index contributed by atoms with van der Waals surface area (Å²) in [5.41, 5.74) is 13.0. The predicted molar refractivity (Wildman–Crippen MR) is 124 cm³/mol. The van der Waals surface area contributed by atoms with Crippen molar-refractivity contribution in [2.75, 3.05) is 0 Å². The average Bonchev–Trinajstić information content (AvgIpc) is 3.07. The Hall–Kier alpha value is -0.820. The summed E-state index contributed by atoms with van der Waals surface area (Å²) in [4.78, 5) is 0. The minimum absolute atomic E-state index is 0. The molecule has 2 unspecified atom stereocenters. The van der Waals surface area contributed by atoms with E-state index in [9.17, 15) is 0 Å². The molecule has 28 heavy (non-hydrogen) atoms. The fraction of sp³-hybridized carbons (Fsp3) is 0.444. The molecule has 0 nitrogen and oxygen atoms in total. The zero-order chi connectivity index (χ0) is 18.9. The molecule has 0 N–H and O–H groups in total. The molecule has 0 amide bonds. The zero-order valence-electron chi connectivity index (χ0n) is 20.1. The third kappa shape index (κ3) is 5.85. The minimum atomic E-state index is 0. The van der Waals surface area contributed by atoms with Crippen LogP contribution < -0.4 is 0 Å². The van der Waals surface area contributed by atoms with E-state index in [-0.39, 0.29) is 40.7 Å². The predicted octanol–water partition coefficient (Wildman–Crippen LogP) is 8.11. The fourth-order valence-electron chi connectivity index (χ4n) is 3.64. The first-order valence-electron chi connectivity index (χ1n) is 9.59. The van der Waals surface area contributed by atoms with Crippen LogP contribution in [0.2, 0.25) is 0 Å². The molecule has 0 radical (unpaired) electrons. The van der Waals surface area contributed by atoms with Gasteiger partial charge in [-0.25, -0.2) is 6.08 Å². The second kappa shape index (κ2) is 12.0. The van der Waals surface area contributed by atoms with Gasteiger partial charge in [0.15, 0.2) is 0 Å². The summed E-state index contributed by atoms with van der Waals surface area (Å²) in [6.45, 7) is 19.9. The molecule has 1 heteroatoms. The number of aryl methyl sites for hydroxylation is 2. The van der Waals surface area contributed by atoms with Gasteiger partial charge in [-0.05, 0) is 13.8 Å². The average molecular weight is 543 g/mol. The maximum absolute atomic E-state index is 3.50. The molecule has 0 aromatic heterocycles. The molecule has 3 rings (SSSR count). The van der Waals surface area contributed by atoms with Gasteiger partial charge in [0.25, 0.3) is 0 Å². The maximum Gasteiger partial charge on any atom is 4.00 e. The number of rotatable bonds is 2. The third-order valence-electron chi connectivity index (χ3n) is 6.48. The van der Waals surface area contributed by atoms with E-state index in [4.69, 9.17) is 0 Å². The molecule has 0 heterocycles. The number of allylic oxidation sites excluding steroid dienone is 1. The molecular formula is C27H40Hf. The molecule has 2 atom stereocenters. The van der Waals surface area contributed by atoms with Crippen molar-refractivity contribution in [1.82, 2.24) is 0 Å². The number of benzene rings is 1. The summed E-state index contributed by atoms with van der Waals surface area (Å²) in [5, 5.41) is 0. The third-order valence-corrected chi connectivity index (χ3v) is 6.48. The quantitative estimate of drug-likeness (QED) is 0.265. The number of fused-ring (bicyclic) bond motifs is 1. The Kier molecular flexibility index (Phi) is 12.6. The molecule has 0 saturated carbocycles. The van der Waals surface area contributed by atoms with Gasteiger partial charge in [-0.15, -0.1) is 11.6 Å². The van der Waals surface area contributed by atoms with Gasteiger partial charge in [-0.3, -0.25) is 6.08 Å². The van der Waals surface area contributed by atoms with Crippen molar-refractivity contribution in [2.24, 2.45) is 5.92 Å². The van der Waals surface area contributed by atoms with Gasteiger partial charge in [-0.1, -0.05) is 83.9 Å². The molecular weight excluding hydrogens is 503 g/mol. The second-order valence-corrected chi connectivity index (χ2v) is 7.86. The van der Waals surface area contributed by atoms with Gasteiger partial charge < -0.3 is 14.9 Å². The first kappa shape index (κ1) is 29.4. The van der Waals surface area contributed by atoms with Crippen LogP contribution in [0.3, 0.4) is 0 Å². The molecule has 0 spiro atoms. The summed E-state index contributed by atoms with van der Waals surface area (Å²) in [7, 11) is 0. The fourth-order valence-corrected chi connectivity index (χ4v) is 3.64. The van der Waals surface area contributed by atoms with E-state index in [1.807, 2.05) is 0 Å². The van der Waals surface area contributed by atoms with Crippen LogP contribution in [0, 0.1) is 75.3 Å². The molecule has 0 saturated heterocycles. The Balaban J connectivity index is 0. The number of hydrogen-bond donors (Lipinski definition) is 0. The Morgan fingerprint density at radius 3 is 1.79 bits per heavy atom. The topological polar surface area (TPSA) is 0 Å². The smallest absolute Gasteiger partial charge is 0.358 e. The van der Waals surface area contributed by atoms with Crippen molar-refractivity contribution in [3.05, 3.63) is 83.1 Å². The van der Waals surface area contributed by atoms with E-state index in [1.54, 1.807) is 0 Å². The van der Waals surface area contributed by atoms with E-state index >= 15 is 0 Å². The minimum Gasteiger partial charge on any atom is -0.358 e. The molecule has 0 bridgehead atoms. The Morgan fingerprint density at radius 1 is 0.929 bits per heavy atom. The van der Waals surface area contributed by atoms with E-state index < -0.39 is 0 Å². The Labute approximate surface area is 195 Å². The van der Waals surface area contributed by atoms with Gasteiger partial charge in [-0.2, -0.15) is 33.4 Å². The van der Waals surface area contributed by atoms with E-state index in [0.29, 0.717) is 11.8 Å². The van der Waals surface area contributed by atoms with Crippen LogP contribution in [-0.4, -0.2) is 0 Å². The van der Waals surface area contributed by atoms with Gasteiger partial charge in [0.2, 0.25) is 0 Å². The van der Waals surface area contributed by atoms with Crippen LogP contribution in [0.1, 0.15) is 76.3 Å². The van der Waals surface area contributed by atoms with Crippen molar-refractivity contribution >= 4 is 6.08 Å². The van der Waals surface area contributed by atoms with Crippen LogP contribution >= 0.6 is 0 Å². The van der Waals surface area contributed by atoms with Gasteiger partial charge in [0, 0.05) is 0 Å². The number of hydrogen-bond acceptors (Lipinski definition) is 0. The monoisotopic (exact) mass is 544 g/mol. The zero-order valence-corrected chi connectivity index (χ0v) is 23.7. The molecule has 0 fully saturated rings. The van der Waals surface area contributed by atoms with E-state index in [2.05, 4.69) is 86.6 Å². The molecule has 152 valence electrons. The summed E-state index contributed by atoms with van der Waals surface area (Å²) >= 11 is 0. The molecule has 2 aromatic rings. The van der Waals surface area contributed by atoms with Crippen LogP contribution in [-0.2, 0) is 25.8 Å². The van der Waals surface area contributed by atoms with Crippen LogP contribution in [0.15, 0.2) is 12.1 Å². The largest absolute Gasteiger partial charge is 4.00 e. The SMILES string of the molecule is CCC(C)C1[C-]=Cc2cc(C)c(C)cc21.Cc1c(C)c(C)[c-](C)c1C.[CH3-].[CH3-].[Hf+4]. The first-order valence-corrected chi connectivity index (χ1v) is 9.59. The van der Waals surface area contributed by atoms with Gasteiger partial charge in [0.1, 0.15) is 0 Å². The summed E-state index contributed by atoms with van der Waals surface area (Å²) in [5.74, 6) is 1.22. The van der Waals surface area contributed by atoms with Crippen molar-refractivity contribution in [3.63, 3.8) is 0 Å². The van der Waals surface area contributed by atoms with Crippen LogP contribution in [0.25, 0.3) is 6.08 Å². The first-order chi connectivity index (χ1) is 11.7. The van der Waals surface area contributed by atoms with Crippen molar-refractivity contribution in [3.8, 4) is 0 Å². The summed E-state index contributed by atoms with van der Waals surface area (Å²) in [6.07, 6.45) is 6.89. The summed E-state index contributed by atoms with van der Waals surface area (Å²) in [6, 6.07) is 4.64. The van der Waals surface area contributed by atoms with E-state index in [1.165, 1.54) is 56.5 Å². The second-order valence-electron chi connectivity index (χ2n) is 7.86. The van der Waals surface area contributed by atoms with Crippen LogP contribution in [0.5, 0.6) is 0 Å². The molecule has 2 aromatic carbocycles. The Bertz CT molecular complexity index is 709. The normalized spacial score (nSPS) is 14.7. The Morgan fingerprint density at radius 2 is 1.39 bits per heavy atom. The van der Waals surface area contributed by atoms with Gasteiger partial charge >= 0.3 is 25.8 Å². The summed E-state index contributed by atoms with van der Waals surface area (Å²) < 4.78 is 0. The van der Waals surface area contributed by atoms with Crippen LogP contribution in [0.4, 0.5) is 0 Å². The maximum atomic E-state index is 3.50. The van der Waals surface area contributed by atoms with Crippen molar-refractivity contribution < 1.29 is 25.8 Å². The molecule has 1 aliphatic rings. The molecule has 0 aliphatic heterocycles. The van der Waals surface area contributed by atoms with Gasteiger partial charge in [0.05, 0.1) is 0 Å². The standard InChI is InChI=1S/C15H19.C10H15.2CH3.Hf/c1-5-10(2)14-7-6-13-8-11(3)12(4)9-15(13)14;1-6-7(2)9(4)10(5)8(6)3;;;/h6,8-10,14H,5H2,1-4H3;1-5H3;2*1H3;/q4*-1;+4. The van der Waals surface area contributed by atoms with Crippen molar-refractivity contribution in [1.29, 1.82) is 0 Å². The van der Waals surface area contributed by atoms with E-state index in [0.717, 1.165) is 0 Å². The van der Waals surface area contributed by atoms with Crippen molar-refractivity contribution in [2.45, 2.75) is 74.7 Å². The molecule has 1 aliphatic carbocycles.